The number of aliphatic hydroxyl groups excluding tert-OH is 1. The minimum Gasteiger partial charge on any atom is -0.392 e. The molecule has 1 saturated heterocycles. The summed E-state index contributed by atoms with van der Waals surface area (Å²) in [5.41, 5.74) is 1.17. The highest BCUT2D eigenvalue weighted by Crippen LogP contribution is 2.37. The molecular formula is C13H19NOS2. The quantitative estimate of drug-likeness (QED) is 0.914. The van der Waals surface area contributed by atoms with E-state index in [1.54, 1.807) is 12.4 Å². The van der Waals surface area contributed by atoms with Gasteiger partial charge in [0.05, 0.1) is 6.10 Å². The molecule has 1 aromatic heterocycles. The summed E-state index contributed by atoms with van der Waals surface area (Å²) < 4.78 is 0. The van der Waals surface area contributed by atoms with E-state index in [0.717, 1.165) is 12.2 Å². The maximum Gasteiger partial charge on any atom is 0.0707 e. The summed E-state index contributed by atoms with van der Waals surface area (Å²) in [4.78, 5) is 4.00. The molecule has 0 spiro atoms. The Hall–Kier alpha value is -0.190. The zero-order valence-electron chi connectivity index (χ0n) is 10.2. The van der Waals surface area contributed by atoms with E-state index in [9.17, 15) is 5.11 Å². The summed E-state index contributed by atoms with van der Waals surface area (Å²) in [7, 11) is 0. The van der Waals surface area contributed by atoms with Gasteiger partial charge in [-0.3, -0.25) is 4.98 Å². The molecule has 1 aliphatic heterocycles. The van der Waals surface area contributed by atoms with Gasteiger partial charge in [0.2, 0.25) is 0 Å². The van der Waals surface area contributed by atoms with E-state index in [2.05, 4.69) is 18.8 Å². The third-order valence-electron chi connectivity index (χ3n) is 3.20. The molecule has 2 nitrogen and oxygen atoms in total. The van der Waals surface area contributed by atoms with Crippen molar-refractivity contribution in [2.75, 3.05) is 5.75 Å². The standard InChI is InChI=1S/C13H19NOS2/c1-9-10(2)17-13(8-16-9)12(15)7-11-3-5-14-6-4-11/h3-6,9-10,12-13,15H,7-8H2,1-2H3. The molecule has 94 valence electrons. The fourth-order valence-electron chi connectivity index (χ4n) is 1.90. The maximum atomic E-state index is 10.3. The zero-order chi connectivity index (χ0) is 12.3. The van der Waals surface area contributed by atoms with Crippen LogP contribution < -0.4 is 0 Å². The zero-order valence-corrected chi connectivity index (χ0v) is 11.9. The van der Waals surface area contributed by atoms with E-state index >= 15 is 0 Å². The molecule has 2 rings (SSSR count). The van der Waals surface area contributed by atoms with Crippen molar-refractivity contribution in [1.82, 2.24) is 4.98 Å². The molecule has 4 unspecified atom stereocenters. The second kappa shape index (κ2) is 6.12. The molecule has 4 heteroatoms. The molecule has 1 aromatic rings. The number of rotatable bonds is 3. The van der Waals surface area contributed by atoms with Crippen molar-refractivity contribution in [3.05, 3.63) is 30.1 Å². The van der Waals surface area contributed by atoms with Crippen molar-refractivity contribution in [2.45, 2.75) is 42.1 Å². The van der Waals surface area contributed by atoms with E-state index in [1.807, 2.05) is 35.7 Å². The van der Waals surface area contributed by atoms with Crippen LogP contribution in [0.15, 0.2) is 24.5 Å². The van der Waals surface area contributed by atoms with Gasteiger partial charge in [-0.25, -0.2) is 0 Å². The molecule has 1 aliphatic rings. The van der Waals surface area contributed by atoms with Crippen LogP contribution in [0.1, 0.15) is 19.4 Å². The Morgan fingerprint density at radius 3 is 2.71 bits per heavy atom. The SMILES string of the molecule is CC1SCC(C(O)Cc2ccncc2)SC1C. The third kappa shape index (κ3) is 3.63. The number of aromatic nitrogens is 1. The lowest BCUT2D eigenvalue weighted by molar-refractivity contribution is 0.177. The lowest BCUT2D eigenvalue weighted by atomic mass is 10.1. The van der Waals surface area contributed by atoms with Crippen LogP contribution in [-0.4, -0.2) is 37.7 Å². The summed E-state index contributed by atoms with van der Waals surface area (Å²) in [6.45, 7) is 4.53. The van der Waals surface area contributed by atoms with E-state index in [1.165, 1.54) is 5.56 Å². The van der Waals surface area contributed by atoms with Crippen molar-refractivity contribution < 1.29 is 5.11 Å². The molecule has 17 heavy (non-hydrogen) atoms. The van der Waals surface area contributed by atoms with Gasteiger partial charge in [0.25, 0.3) is 0 Å². The summed E-state index contributed by atoms with van der Waals surface area (Å²) >= 11 is 3.92. The van der Waals surface area contributed by atoms with Crippen molar-refractivity contribution in [3.8, 4) is 0 Å². The Balaban J connectivity index is 1.90. The molecular weight excluding hydrogens is 250 g/mol. The number of hydrogen-bond donors (Lipinski definition) is 1. The number of nitrogens with zero attached hydrogens (tertiary/aromatic N) is 1. The first-order valence-electron chi connectivity index (χ1n) is 6.01. The molecule has 0 radical (unpaired) electrons. The van der Waals surface area contributed by atoms with Crippen molar-refractivity contribution in [3.63, 3.8) is 0 Å². The van der Waals surface area contributed by atoms with Gasteiger partial charge in [0.15, 0.2) is 0 Å². The number of hydrogen-bond acceptors (Lipinski definition) is 4. The average Bonchev–Trinajstić information content (AvgIpc) is 2.34. The first-order valence-corrected chi connectivity index (χ1v) is 8.00. The van der Waals surface area contributed by atoms with Crippen LogP contribution in [-0.2, 0) is 6.42 Å². The topological polar surface area (TPSA) is 33.1 Å². The third-order valence-corrected chi connectivity index (χ3v) is 6.73. The number of thioether (sulfide) groups is 2. The van der Waals surface area contributed by atoms with Gasteiger partial charge in [-0.1, -0.05) is 13.8 Å². The minimum atomic E-state index is -0.246. The Morgan fingerprint density at radius 2 is 2.06 bits per heavy atom. The normalized spacial score (nSPS) is 31.1. The highest BCUT2D eigenvalue weighted by molar-refractivity contribution is 8.07. The second-order valence-electron chi connectivity index (χ2n) is 4.55. The fraction of sp³-hybridized carbons (Fsp3) is 0.615. The van der Waals surface area contributed by atoms with Gasteiger partial charge in [-0.15, -0.1) is 0 Å². The molecule has 0 aliphatic carbocycles. The molecule has 1 fully saturated rings. The molecule has 4 atom stereocenters. The van der Waals surface area contributed by atoms with Crippen molar-refractivity contribution in [1.29, 1.82) is 0 Å². The number of pyridine rings is 1. The van der Waals surface area contributed by atoms with E-state index in [0.29, 0.717) is 15.7 Å². The monoisotopic (exact) mass is 269 g/mol. The Bertz CT molecular complexity index is 347. The van der Waals surface area contributed by atoms with E-state index < -0.39 is 0 Å². The van der Waals surface area contributed by atoms with Gasteiger partial charge in [0.1, 0.15) is 0 Å². The lowest BCUT2D eigenvalue weighted by Crippen LogP contribution is -2.35. The van der Waals surface area contributed by atoms with Crippen LogP contribution in [0.3, 0.4) is 0 Å². The van der Waals surface area contributed by atoms with Crippen molar-refractivity contribution in [2.24, 2.45) is 0 Å². The van der Waals surface area contributed by atoms with Gasteiger partial charge in [0, 0.05) is 33.9 Å². The van der Waals surface area contributed by atoms with Gasteiger partial charge in [-0.05, 0) is 24.1 Å². The summed E-state index contributed by atoms with van der Waals surface area (Å²) in [6.07, 6.45) is 4.07. The maximum absolute atomic E-state index is 10.3. The van der Waals surface area contributed by atoms with E-state index in [4.69, 9.17) is 0 Å². The van der Waals surface area contributed by atoms with Crippen LogP contribution in [0.5, 0.6) is 0 Å². The predicted octanol–water partition coefficient (Wildman–Crippen LogP) is 2.61. The Kier molecular flexibility index (Phi) is 4.77. The summed E-state index contributed by atoms with van der Waals surface area (Å²) in [6, 6.07) is 3.96. The fourth-order valence-corrected chi connectivity index (χ4v) is 4.92. The van der Waals surface area contributed by atoms with Gasteiger partial charge in [-0.2, -0.15) is 23.5 Å². The first-order chi connectivity index (χ1) is 8.16. The van der Waals surface area contributed by atoms with E-state index in [-0.39, 0.29) is 6.10 Å². The van der Waals surface area contributed by atoms with Crippen LogP contribution in [0.4, 0.5) is 0 Å². The average molecular weight is 269 g/mol. The summed E-state index contributed by atoms with van der Waals surface area (Å²) in [5, 5.41) is 12.0. The van der Waals surface area contributed by atoms with Crippen LogP contribution in [0.25, 0.3) is 0 Å². The molecule has 1 N–H and O–H groups in total. The smallest absolute Gasteiger partial charge is 0.0707 e. The molecule has 0 aromatic carbocycles. The van der Waals surface area contributed by atoms with Gasteiger partial charge < -0.3 is 5.11 Å². The highest BCUT2D eigenvalue weighted by Gasteiger charge is 2.30. The largest absolute Gasteiger partial charge is 0.392 e. The highest BCUT2D eigenvalue weighted by atomic mass is 32.2. The minimum absolute atomic E-state index is 0.246. The molecule has 0 bridgehead atoms. The molecule has 0 saturated carbocycles. The van der Waals surface area contributed by atoms with Crippen LogP contribution in [0, 0.1) is 0 Å². The Morgan fingerprint density at radius 1 is 1.35 bits per heavy atom. The Labute approximate surface area is 112 Å². The molecule has 2 heterocycles. The molecule has 0 amide bonds. The first kappa shape index (κ1) is 13.2. The van der Waals surface area contributed by atoms with Crippen LogP contribution >= 0.6 is 23.5 Å². The summed E-state index contributed by atoms with van der Waals surface area (Å²) in [5.74, 6) is 1.06. The lowest BCUT2D eigenvalue weighted by Gasteiger charge is -2.33. The number of aliphatic hydroxyl groups is 1. The second-order valence-corrected chi connectivity index (χ2v) is 7.58. The van der Waals surface area contributed by atoms with Crippen molar-refractivity contribution >= 4 is 23.5 Å². The van der Waals surface area contributed by atoms with Gasteiger partial charge >= 0.3 is 0 Å². The predicted molar refractivity (Wildman–Crippen MR) is 76.7 cm³/mol. The van der Waals surface area contributed by atoms with Crippen LogP contribution in [0.2, 0.25) is 0 Å².